The smallest absolute Gasteiger partial charge is 0.176 e. The van der Waals surface area contributed by atoms with Gasteiger partial charge in [-0.3, -0.25) is 0 Å². The average Bonchev–Trinajstić information content (AvgIpc) is 3.39. The first-order valence-corrected chi connectivity index (χ1v) is 7.82. The van der Waals surface area contributed by atoms with Crippen molar-refractivity contribution in [2.45, 2.75) is 31.0 Å². The summed E-state index contributed by atoms with van der Waals surface area (Å²) in [5, 5.41) is 21.6. The van der Waals surface area contributed by atoms with Crippen molar-refractivity contribution in [3.63, 3.8) is 0 Å². The molecule has 0 bridgehead atoms. The van der Waals surface area contributed by atoms with Crippen LogP contribution in [0.5, 0.6) is 0 Å². The van der Waals surface area contributed by atoms with Crippen LogP contribution in [0.2, 0.25) is 0 Å². The van der Waals surface area contributed by atoms with Gasteiger partial charge in [-0.15, -0.1) is 0 Å². The number of aliphatic hydroxyl groups is 2. The van der Waals surface area contributed by atoms with Crippen molar-refractivity contribution in [3.05, 3.63) is 71.3 Å². The molecule has 24 heavy (non-hydrogen) atoms. The molecule has 0 radical (unpaired) electrons. The number of rotatable bonds is 3. The van der Waals surface area contributed by atoms with E-state index in [0.717, 1.165) is 12.8 Å². The molecule has 0 aromatic heterocycles. The van der Waals surface area contributed by atoms with E-state index in [1.54, 1.807) is 6.92 Å². The third-order valence-corrected chi connectivity index (χ3v) is 4.39. The molecular formula is C20H18F2O2. The maximum Gasteiger partial charge on any atom is 0.176 e. The van der Waals surface area contributed by atoms with Crippen molar-refractivity contribution in [2.75, 3.05) is 0 Å². The van der Waals surface area contributed by atoms with E-state index in [1.165, 1.54) is 48.5 Å². The molecular weight excluding hydrogens is 310 g/mol. The number of halogens is 2. The molecule has 1 fully saturated rings. The summed E-state index contributed by atoms with van der Waals surface area (Å²) < 4.78 is 26.4. The Morgan fingerprint density at radius 1 is 0.833 bits per heavy atom. The molecule has 0 spiro atoms. The third kappa shape index (κ3) is 3.33. The summed E-state index contributed by atoms with van der Waals surface area (Å²) in [4.78, 5) is 0. The van der Waals surface area contributed by atoms with E-state index in [0.29, 0.717) is 11.1 Å². The van der Waals surface area contributed by atoms with Gasteiger partial charge in [0.15, 0.2) is 5.60 Å². The van der Waals surface area contributed by atoms with Gasteiger partial charge in [-0.2, -0.15) is 0 Å². The molecule has 2 N–H and O–H groups in total. The molecule has 1 atom stereocenters. The molecule has 0 aliphatic heterocycles. The van der Waals surface area contributed by atoms with Crippen LogP contribution in [0.1, 0.15) is 30.9 Å². The lowest BCUT2D eigenvalue weighted by molar-refractivity contribution is 0.0952. The SMILES string of the molecule is C[C@@](O)(C#CC(O)(c1ccc(F)cc1)c1ccc(F)cc1)C1CC1. The van der Waals surface area contributed by atoms with Crippen LogP contribution in [-0.4, -0.2) is 15.8 Å². The van der Waals surface area contributed by atoms with E-state index in [1.807, 2.05) is 0 Å². The Morgan fingerprint density at radius 3 is 1.62 bits per heavy atom. The Balaban J connectivity index is 2.08. The molecule has 2 aromatic rings. The summed E-state index contributed by atoms with van der Waals surface area (Å²) in [6.45, 7) is 1.62. The van der Waals surface area contributed by atoms with Gasteiger partial charge in [0.25, 0.3) is 0 Å². The van der Waals surface area contributed by atoms with E-state index in [4.69, 9.17) is 0 Å². The van der Waals surface area contributed by atoms with Gasteiger partial charge in [-0.1, -0.05) is 36.1 Å². The highest BCUT2D eigenvalue weighted by Crippen LogP contribution is 2.39. The minimum atomic E-state index is -1.76. The van der Waals surface area contributed by atoms with E-state index in [9.17, 15) is 19.0 Å². The summed E-state index contributed by atoms with van der Waals surface area (Å²) in [7, 11) is 0. The Hall–Kier alpha value is -2.22. The number of hydrogen-bond acceptors (Lipinski definition) is 2. The standard InChI is InChI=1S/C20H18F2O2/c1-19(23,14-2-3-14)12-13-20(24,15-4-8-17(21)9-5-15)16-6-10-18(22)11-7-16/h4-11,14,23-24H,2-3H2,1H3/t19-/m1/s1. The summed E-state index contributed by atoms with van der Waals surface area (Å²) in [6.07, 6.45) is 1.79. The van der Waals surface area contributed by atoms with Crippen molar-refractivity contribution in [3.8, 4) is 11.8 Å². The maximum atomic E-state index is 13.2. The fourth-order valence-corrected chi connectivity index (χ4v) is 2.66. The van der Waals surface area contributed by atoms with Crippen LogP contribution in [0.4, 0.5) is 8.78 Å². The lowest BCUT2D eigenvalue weighted by atomic mass is 9.85. The minimum absolute atomic E-state index is 0.0932. The van der Waals surface area contributed by atoms with Crippen molar-refractivity contribution < 1.29 is 19.0 Å². The molecule has 1 aliphatic carbocycles. The molecule has 2 nitrogen and oxygen atoms in total. The van der Waals surface area contributed by atoms with E-state index in [-0.39, 0.29) is 5.92 Å². The summed E-state index contributed by atoms with van der Waals surface area (Å²) in [6, 6.07) is 10.6. The predicted molar refractivity (Wildman–Crippen MR) is 86.9 cm³/mol. The fraction of sp³-hybridized carbons (Fsp3) is 0.300. The first-order valence-electron chi connectivity index (χ1n) is 7.82. The molecule has 1 saturated carbocycles. The highest BCUT2D eigenvalue weighted by Gasteiger charge is 2.39. The molecule has 0 amide bonds. The van der Waals surface area contributed by atoms with E-state index < -0.39 is 22.8 Å². The molecule has 0 unspecified atom stereocenters. The van der Waals surface area contributed by atoms with E-state index in [2.05, 4.69) is 11.8 Å². The van der Waals surface area contributed by atoms with Crippen LogP contribution < -0.4 is 0 Å². The Kier molecular flexibility index (Phi) is 4.16. The highest BCUT2D eigenvalue weighted by atomic mass is 19.1. The topological polar surface area (TPSA) is 40.5 Å². The van der Waals surface area contributed by atoms with Gasteiger partial charge >= 0.3 is 0 Å². The first kappa shape index (κ1) is 16.6. The number of hydrogen-bond donors (Lipinski definition) is 2. The first-order chi connectivity index (χ1) is 11.3. The van der Waals surface area contributed by atoms with Gasteiger partial charge in [0.05, 0.1) is 0 Å². The molecule has 3 rings (SSSR count). The molecule has 2 aromatic carbocycles. The van der Waals surface area contributed by atoms with Gasteiger partial charge in [0, 0.05) is 11.1 Å². The lowest BCUT2D eigenvalue weighted by Crippen LogP contribution is -2.29. The van der Waals surface area contributed by atoms with Crippen LogP contribution in [0, 0.1) is 29.4 Å². The predicted octanol–water partition coefficient (Wildman–Crippen LogP) is 3.37. The molecule has 0 heterocycles. The van der Waals surface area contributed by atoms with Crippen LogP contribution in [0.3, 0.4) is 0 Å². The molecule has 1 aliphatic rings. The Labute approximate surface area is 139 Å². The molecule has 4 heteroatoms. The quantitative estimate of drug-likeness (QED) is 0.848. The van der Waals surface area contributed by atoms with Gasteiger partial charge in [-0.25, -0.2) is 8.78 Å². The highest BCUT2D eigenvalue weighted by molar-refractivity contribution is 5.45. The van der Waals surface area contributed by atoms with E-state index >= 15 is 0 Å². The summed E-state index contributed by atoms with van der Waals surface area (Å²) >= 11 is 0. The van der Waals surface area contributed by atoms with Gasteiger partial charge in [0.2, 0.25) is 0 Å². The zero-order chi connectivity index (χ0) is 17.4. The van der Waals surface area contributed by atoms with Crippen molar-refractivity contribution in [1.82, 2.24) is 0 Å². The zero-order valence-electron chi connectivity index (χ0n) is 13.3. The van der Waals surface area contributed by atoms with Crippen LogP contribution in [-0.2, 0) is 5.60 Å². The fourth-order valence-electron chi connectivity index (χ4n) is 2.66. The largest absolute Gasteiger partial charge is 0.378 e. The summed E-state index contributed by atoms with van der Waals surface area (Å²) in [5.41, 5.74) is -2.25. The van der Waals surface area contributed by atoms with Crippen LogP contribution in [0.15, 0.2) is 48.5 Å². The second kappa shape index (κ2) is 6.01. The monoisotopic (exact) mass is 328 g/mol. The molecule has 124 valence electrons. The van der Waals surface area contributed by atoms with Crippen molar-refractivity contribution in [2.24, 2.45) is 5.92 Å². The van der Waals surface area contributed by atoms with Gasteiger partial charge in [0.1, 0.15) is 17.2 Å². The van der Waals surface area contributed by atoms with Gasteiger partial charge in [-0.05, 0) is 49.9 Å². The summed E-state index contributed by atoms with van der Waals surface area (Å²) in [5.74, 6) is 4.72. The minimum Gasteiger partial charge on any atom is -0.378 e. The maximum absolute atomic E-state index is 13.2. The lowest BCUT2D eigenvalue weighted by Gasteiger charge is -2.25. The second-order valence-electron chi connectivity index (χ2n) is 6.40. The Morgan fingerprint density at radius 2 is 1.25 bits per heavy atom. The molecule has 0 saturated heterocycles. The van der Waals surface area contributed by atoms with Crippen LogP contribution >= 0.6 is 0 Å². The number of benzene rings is 2. The van der Waals surface area contributed by atoms with Gasteiger partial charge < -0.3 is 10.2 Å². The van der Waals surface area contributed by atoms with Crippen molar-refractivity contribution in [1.29, 1.82) is 0 Å². The Bertz CT molecular complexity index is 734. The zero-order valence-corrected chi connectivity index (χ0v) is 13.3. The van der Waals surface area contributed by atoms with Crippen LogP contribution in [0.25, 0.3) is 0 Å². The third-order valence-electron chi connectivity index (χ3n) is 4.39. The average molecular weight is 328 g/mol. The normalized spacial score (nSPS) is 16.9. The van der Waals surface area contributed by atoms with Crippen molar-refractivity contribution >= 4 is 0 Å². The second-order valence-corrected chi connectivity index (χ2v) is 6.40.